The fourth-order valence-corrected chi connectivity index (χ4v) is 3.38. The maximum absolute atomic E-state index is 10.6. The van der Waals surface area contributed by atoms with Crippen LogP contribution in [0.5, 0.6) is 0 Å². The largest absolute Gasteiger partial charge is 0.392 e. The third-order valence-electron chi connectivity index (χ3n) is 4.80. The molecule has 0 unspecified atom stereocenters. The lowest BCUT2D eigenvalue weighted by Crippen LogP contribution is -2.60. The Hall–Kier alpha value is -0.940. The number of aliphatic hydroxyl groups is 3. The molecule has 1 aliphatic rings. The first-order valence-corrected chi connectivity index (χ1v) is 7.98. The van der Waals surface area contributed by atoms with Gasteiger partial charge in [-0.05, 0) is 33.3 Å². The van der Waals surface area contributed by atoms with Crippen LogP contribution in [0.3, 0.4) is 0 Å². The van der Waals surface area contributed by atoms with Crippen molar-refractivity contribution in [3.05, 3.63) is 35.9 Å². The molecule has 0 aliphatic carbocycles. The molecule has 1 fully saturated rings. The van der Waals surface area contributed by atoms with E-state index >= 15 is 0 Å². The van der Waals surface area contributed by atoms with E-state index in [1.807, 2.05) is 18.2 Å². The van der Waals surface area contributed by atoms with Gasteiger partial charge in [0.05, 0.1) is 17.3 Å². The van der Waals surface area contributed by atoms with Gasteiger partial charge in [-0.1, -0.05) is 30.3 Å². The SMILES string of the molecule is CC(C)(O)[C@@H]1CN(Cc2ccccc2)C[C@H](C(C)(C)O)[C@@H]1O. The molecule has 0 aromatic heterocycles. The average Bonchev–Trinajstić information content (AvgIpc) is 2.39. The third-order valence-corrected chi connectivity index (χ3v) is 4.80. The summed E-state index contributed by atoms with van der Waals surface area (Å²) in [5, 5.41) is 31.5. The molecule has 3 atom stereocenters. The fraction of sp³-hybridized carbons (Fsp3) is 0.667. The van der Waals surface area contributed by atoms with Crippen molar-refractivity contribution in [3.8, 4) is 0 Å². The van der Waals surface area contributed by atoms with E-state index < -0.39 is 17.3 Å². The van der Waals surface area contributed by atoms with E-state index in [9.17, 15) is 15.3 Å². The monoisotopic (exact) mass is 307 g/mol. The van der Waals surface area contributed by atoms with Gasteiger partial charge in [0.2, 0.25) is 0 Å². The number of rotatable bonds is 4. The lowest BCUT2D eigenvalue weighted by atomic mass is 9.72. The standard InChI is InChI=1S/C18H29NO3/c1-17(2,21)14-11-19(10-13-8-6-5-7-9-13)12-15(16(14)20)18(3,4)22/h5-9,14-16,20-22H,10-12H2,1-4H3/t14-,15+,16-. The predicted octanol–water partition coefficient (Wildman–Crippen LogP) is 1.64. The molecule has 0 radical (unpaired) electrons. The van der Waals surface area contributed by atoms with E-state index in [4.69, 9.17) is 0 Å². The number of piperidine rings is 1. The van der Waals surface area contributed by atoms with Crippen LogP contribution in [0.1, 0.15) is 33.3 Å². The summed E-state index contributed by atoms with van der Waals surface area (Å²) in [7, 11) is 0. The van der Waals surface area contributed by atoms with E-state index in [-0.39, 0.29) is 11.8 Å². The smallest absolute Gasteiger partial charge is 0.0675 e. The molecular weight excluding hydrogens is 278 g/mol. The van der Waals surface area contributed by atoms with Crippen molar-refractivity contribution in [2.75, 3.05) is 13.1 Å². The second kappa shape index (κ2) is 6.28. The Labute approximate surface area is 133 Å². The van der Waals surface area contributed by atoms with Crippen molar-refractivity contribution in [2.45, 2.75) is 51.5 Å². The van der Waals surface area contributed by atoms with Crippen LogP contribution in [0.2, 0.25) is 0 Å². The second-order valence-electron chi connectivity index (χ2n) is 7.69. The van der Waals surface area contributed by atoms with Crippen LogP contribution in [0.4, 0.5) is 0 Å². The Morgan fingerprint density at radius 1 is 0.955 bits per heavy atom. The Kier molecular flexibility index (Phi) is 4.97. The molecule has 3 N–H and O–H groups in total. The van der Waals surface area contributed by atoms with Crippen LogP contribution in [-0.4, -0.2) is 50.6 Å². The highest BCUT2D eigenvalue weighted by atomic mass is 16.3. The van der Waals surface area contributed by atoms with Crippen LogP contribution in [0, 0.1) is 11.8 Å². The number of likely N-dealkylation sites (tertiary alicyclic amines) is 1. The molecule has 0 amide bonds. The predicted molar refractivity (Wildman–Crippen MR) is 87.3 cm³/mol. The number of hydrogen-bond acceptors (Lipinski definition) is 4. The van der Waals surface area contributed by atoms with Crippen LogP contribution in [-0.2, 0) is 6.54 Å². The summed E-state index contributed by atoms with van der Waals surface area (Å²) in [4.78, 5) is 2.22. The molecule has 1 aromatic rings. The molecule has 124 valence electrons. The van der Waals surface area contributed by atoms with Crippen molar-refractivity contribution in [1.82, 2.24) is 4.90 Å². The Morgan fingerprint density at radius 3 is 1.82 bits per heavy atom. The zero-order chi connectivity index (χ0) is 16.5. The summed E-state index contributed by atoms with van der Waals surface area (Å²) in [5.74, 6) is -0.581. The first-order valence-electron chi connectivity index (χ1n) is 7.98. The van der Waals surface area contributed by atoms with Crippen molar-refractivity contribution in [1.29, 1.82) is 0 Å². The topological polar surface area (TPSA) is 63.9 Å². The quantitative estimate of drug-likeness (QED) is 0.791. The van der Waals surface area contributed by atoms with E-state index in [0.717, 1.165) is 6.54 Å². The first kappa shape index (κ1) is 17.4. The van der Waals surface area contributed by atoms with E-state index in [1.165, 1.54) is 5.56 Å². The lowest BCUT2D eigenvalue weighted by Gasteiger charge is -2.49. The van der Waals surface area contributed by atoms with E-state index in [1.54, 1.807) is 27.7 Å². The molecule has 0 bridgehead atoms. The van der Waals surface area contributed by atoms with Crippen molar-refractivity contribution in [3.63, 3.8) is 0 Å². The molecule has 0 saturated carbocycles. The van der Waals surface area contributed by atoms with E-state index in [0.29, 0.717) is 13.1 Å². The van der Waals surface area contributed by atoms with Crippen LogP contribution in [0.15, 0.2) is 30.3 Å². The molecule has 4 heteroatoms. The fourth-order valence-electron chi connectivity index (χ4n) is 3.38. The van der Waals surface area contributed by atoms with Crippen LogP contribution < -0.4 is 0 Å². The average molecular weight is 307 g/mol. The third kappa shape index (κ3) is 4.07. The number of aliphatic hydroxyl groups excluding tert-OH is 1. The number of nitrogens with zero attached hydrogens (tertiary/aromatic N) is 1. The molecule has 22 heavy (non-hydrogen) atoms. The molecule has 4 nitrogen and oxygen atoms in total. The summed E-state index contributed by atoms with van der Waals surface area (Å²) < 4.78 is 0. The highest BCUT2D eigenvalue weighted by Gasteiger charge is 2.47. The molecule has 2 rings (SSSR count). The summed E-state index contributed by atoms with van der Waals surface area (Å²) in [6.45, 7) is 8.91. The van der Waals surface area contributed by atoms with Crippen LogP contribution >= 0.6 is 0 Å². The highest BCUT2D eigenvalue weighted by molar-refractivity contribution is 5.15. The Bertz CT molecular complexity index is 451. The van der Waals surface area contributed by atoms with Gasteiger partial charge in [-0.3, -0.25) is 4.90 Å². The maximum Gasteiger partial charge on any atom is 0.0675 e. The molecule has 1 heterocycles. The van der Waals surface area contributed by atoms with Gasteiger partial charge in [-0.25, -0.2) is 0 Å². The summed E-state index contributed by atoms with van der Waals surface area (Å²) in [5.41, 5.74) is -0.779. The molecule has 1 aliphatic heterocycles. The van der Waals surface area contributed by atoms with Crippen molar-refractivity contribution in [2.24, 2.45) is 11.8 Å². The van der Waals surface area contributed by atoms with Gasteiger partial charge in [0, 0.05) is 31.5 Å². The van der Waals surface area contributed by atoms with Crippen molar-refractivity contribution < 1.29 is 15.3 Å². The van der Waals surface area contributed by atoms with Gasteiger partial charge in [0.25, 0.3) is 0 Å². The highest BCUT2D eigenvalue weighted by Crippen LogP contribution is 2.36. The minimum atomic E-state index is -0.988. The van der Waals surface area contributed by atoms with Gasteiger partial charge >= 0.3 is 0 Å². The van der Waals surface area contributed by atoms with Gasteiger partial charge in [-0.15, -0.1) is 0 Å². The normalized spacial score (nSPS) is 27.9. The van der Waals surface area contributed by atoms with Gasteiger partial charge < -0.3 is 15.3 Å². The first-order chi connectivity index (χ1) is 10.1. The lowest BCUT2D eigenvalue weighted by molar-refractivity contribution is -0.153. The van der Waals surface area contributed by atoms with Crippen molar-refractivity contribution >= 4 is 0 Å². The second-order valence-corrected chi connectivity index (χ2v) is 7.69. The van der Waals surface area contributed by atoms with Gasteiger partial charge in [0.1, 0.15) is 0 Å². The molecule has 1 aromatic carbocycles. The Balaban J connectivity index is 2.21. The van der Waals surface area contributed by atoms with Gasteiger partial charge in [-0.2, -0.15) is 0 Å². The maximum atomic E-state index is 10.6. The number of benzene rings is 1. The number of hydrogen-bond donors (Lipinski definition) is 3. The summed E-state index contributed by atoms with van der Waals surface area (Å²) in [6, 6.07) is 10.2. The van der Waals surface area contributed by atoms with Gasteiger partial charge in [0.15, 0.2) is 0 Å². The Morgan fingerprint density at radius 2 is 1.41 bits per heavy atom. The zero-order valence-corrected chi connectivity index (χ0v) is 14.0. The summed E-state index contributed by atoms with van der Waals surface area (Å²) >= 11 is 0. The minimum Gasteiger partial charge on any atom is -0.392 e. The molecular formula is C18H29NO3. The molecule has 1 saturated heterocycles. The minimum absolute atomic E-state index is 0.290. The molecule has 0 spiro atoms. The zero-order valence-electron chi connectivity index (χ0n) is 14.0. The van der Waals surface area contributed by atoms with E-state index in [2.05, 4.69) is 17.0 Å². The van der Waals surface area contributed by atoms with Crippen LogP contribution in [0.25, 0.3) is 0 Å². The summed E-state index contributed by atoms with van der Waals surface area (Å²) in [6.07, 6.45) is -0.716.